The Morgan fingerprint density at radius 3 is 2.72 bits per heavy atom. The van der Waals surface area contributed by atoms with Crippen LogP contribution in [0.1, 0.15) is 29.5 Å². The first-order chi connectivity index (χ1) is 8.54. The predicted octanol–water partition coefficient (Wildman–Crippen LogP) is 2.49. The second-order valence-corrected chi connectivity index (χ2v) is 5.44. The molecule has 0 aliphatic carbocycles. The number of amides is 2. The number of hydrogen-bond acceptors (Lipinski definition) is 6. The summed E-state index contributed by atoms with van der Waals surface area (Å²) in [6.07, 6.45) is 0. The Bertz CT molecular complexity index is 550. The van der Waals surface area contributed by atoms with Crippen LogP contribution >= 0.6 is 22.9 Å². The summed E-state index contributed by atoms with van der Waals surface area (Å²) < 4.78 is 3.99. The van der Waals surface area contributed by atoms with E-state index < -0.39 is 0 Å². The first-order valence-electron chi connectivity index (χ1n) is 5.34. The molecule has 0 aromatic carbocycles. The maximum atomic E-state index is 11.7. The van der Waals surface area contributed by atoms with Gasteiger partial charge >= 0.3 is 6.03 Å². The molecule has 2 amide bonds. The van der Waals surface area contributed by atoms with Gasteiger partial charge in [-0.25, -0.2) is 14.8 Å². The molecule has 2 aromatic heterocycles. The molecule has 6 nitrogen and oxygen atoms in total. The Morgan fingerprint density at radius 1 is 1.39 bits per heavy atom. The third-order valence-corrected chi connectivity index (χ3v) is 3.97. The molecule has 2 heterocycles. The minimum absolute atomic E-state index is 0.127. The molecular weight excluding hydrogens is 270 g/mol. The van der Waals surface area contributed by atoms with Gasteiger partial charge in [0.05, 0.1) is 6.04 Å². The predicted molar refractivity (Wildman–Crippen MR) is 72.1 cm³/mol. The number of urea groups is 1. The highest BCUT2D eigenvalue weighted by atomic mass is 32.1. The minimum Gasteiger partial charge on any atom is -0.329 e. The summed E-state index contributed by atoms with van der Waals surface area (Å²) >= 11 is 2.69. The van der Waals surface area contributed by atoms with Crippen molar-refractivity contribution in [3.8, 4) is 0 Å². The summed E-state index contributed by atoms with van der Waals surface area (Å²) in [5, 5.41) is 8.78. The minimum atomic E-state index is -0.300. The van der Waals surface area contributed by atoms with E-state index in [0.29, 0.717) is 11.0 Å². The van der Waals surface area contributed by atoms with Gasteiger partial charge in [0, 0.05) is 22.6 Å². The fourth-order valence-corrected chi connectivity index (χ4v) is 2.68. The lowest BCUT2D eigenvalue weighted by molar-refractivity contribution is 0.249. The molecule has 0 aliphatic rings. The Labute approximate surface area is 113 Å². The number of aryl methyl sites for hydroxylation is 2. The quantitative estimate of drug-likeness (QED) is 0.907. The number of carbonyl (C=O) groups is 1. The van der Waals surface area contributed by atoms with Crippen LogP contribution in [0.2, 0.25) is 0 Å². The van der Waals surface area contributed by atoms with Crippen molar-refractivity contribution in [3.63, 3.8) is 0 Å². The Kier molecular flexibility index (Phi) is 3.87. The van der Waals surface area contributed by atoms with Crippen LogP contribution in [0.5, 0.6) is 0 Å². The van der Waals surface area contributed by atoms with Gasteiger partial charge in [-0.3, -0.25) is 5.32 Å². The van der Waals surface area contributed by atoms with Crippen LogP contribution in [0.15, 0.2) is 5.38 Å². The molecule has 2 aromatic rings. The molecule has 0 spiro atoms. The molecule has 0 aliphatic heterocycles. The lowest BCUT2D eigenvalue weighted by Crippen LogP contribution is -2.31. The van der Waals surface area contributed by atoms with Gasteiger partial charge in [0.15, 0.2) is 0 Å². The molecular formula is C10H13N5OS2. The van der Waals surface area contributed by atoms with Crippen molar-refractivity contribution in [1.29, 1.82) is 0 Å². The van der Waals surface area contributed by atoms with E-state index in [-0.39, 0.29) is 12.1 Å². The molecule has 0 saturated carbocycles. The van der Waals surface area contributed by atoms with Crippen LogP contribution in [-0.4, -0.2) is 20.4 Å². The summed E-state index contributed by atoms with van der Waals surface area (Å²) in [4.78, 5) is 20.1. The fraction of sp³-hybridized carbons (Fsp3) is 0.400. The standard InChI is InChI=1S/C10H13N5OS2/c1-5-4-17-8(11-5)6(2)12-9(16)14-10-13-7(3)15-18-10/h4,6H,1-3H3,(H2,12,13,14,15,16). The second kappa shape index (κ2) is 5.40. The number of anilines is 1. The van der Waals surface area contributed by atoms with Crippen LogP contribution in [0.25, 0.3) is 0 Å². The van der Waals surface area contributed by atoms with Crippen molar-refractivity contribution >= 4 is 34.0 Å². The fourth-order valence-electron chi connectivity index (χ4n) is 1.31. The maximum absolute atomic E-state index is 11.7. The molecule has 0 saturated heterocycles. The van der Waals surface area contributed by atoms with Crippen molar-refractivity contribution in [2.45, 2.75) is 26.8 Å². The monoisotopic (exact) mass is 283 g/mol. The van der Waals surface area contributed by atoms with Crippen molar-refractivity contribution in [3.05, 3.63) is 21.9 Å². The molecule has 0 bridgehead atoms. The smallest absolute Gasteiger partial charge is 0.321 e. The van der Waals surface area contributed by atoms with Crippen molar-refractivity contribution < 1.29 is 4.79 Å². The number of nitrogens with zero attached hydrogens (tertiary/aromatic N) is 3. The molecule has 2 rings (SSSR count). The van der Waals surface area contributed by atoms with E-state index in [2.05, 4.69) is 25.0 Å². The molecule has 1 unspecified atom stereocenters. The molecule has 96 valence electrons. The highest BCUT2D eigenvalue weighted by Gasteiger charge is 2.13. The Hall–Kier alpha value is -1.54. The van der Waals surface area contributed by atoms with Crippen LogP contribution in [0, 0.1) is 13.8 Å². The van der Waals surface area contributed by atoms with Gasteiger partial charge in [0.2, 0.25) is 5.13 Å². The van der Waals surface area contributed by atoms with Crippen molar-refractivity contribution in [2.75, 3.05) is 5.32 Å². The van der Waals surface area contributed by atoms with Gasteiger partial charge < -0.3 is 5.32 Å². The highest BCUT2D eigenvalue weighted by molar-refractivity contribution is 7.10. The summed E-state index contributed by atoms with van der Waals surface area (Å²) in [6.45, 7) is 5.60. The summed E-state index contributed by atoms with van der Waals surface area (Å²) in [5.74, 6) is 0.652. The maximum Gasteiger partial charge on any atom is 0.321 e. The van der Waals surface area contributed by atoms with Crippen LogP contribution < -0.4 is 10.6 Å². The van der Waals surface area contributed by atoms with Crippen LogP contribution in [-0.2, 0) is 0 Å². The zero-order valence-electron chi connectivity index (χ0n) is 10.2. The van der Waals surface area contributed by atoms with E-state index in [0.717, 1.165) is 22.2 Å². The lowest BCUT2D eigenvalue weighted by atomic mass is 10.3. The number of hydrogen-bond donors (Lipinski definition) is 2. The normalized spacial score (nSPS) is 12.2. The number of carbonyl (C=O) groups excluding carboxylic acids is 1. The number of nitrogens with one attached hydrogen (secondary N) is 2. The second-order valence-electron chi connectivity index (χ2n) is 3.79. The van der Waals surface area contributed by atoms with Crippen LogP contribution in [0.3, 0.4) is 0 Å². The molecule has 2 N–H and O–H groups in total. The number of aromatic nitrogens is 3. The molecule has 0 radical (unpaired) electrons. The van der Waals surface area contributed by atoms with Gasteiger partial charge in [-0.05, 0) is 20.8 Å². The van der Waals surface area contributed by atoms with Crippen molar-refractivity contribution in [1.82, 2.24) is 19.7 Å². The zero-order chi connectivity index (χ0) is 13.1. The largest absolute Gasteiger partial charge is 0.329 e. The number of thiazole rings is 1. The summed E-state index contributed by atoms with van der Waals surface area (Å²) in [6, 6.07) is -0.427. The zero-order valence-corrected chi connectivity index (χ0v) is 11.9. The van der Waals surface area contributed by atoms with E-state index in [9.17, 15) is 4.79 Å². The summed E-state index contributed by atoms with van der Waals surface area (Å²) in [5.41, 5.74) is 0.962. The van der Waals surface area contributed by atoms with E-state index in [4.69, 9.17) is 0 Å². The Morgan fingerprint density at radius 2 is 2.17 bits per heavy atom. The molecule has 0 fully saturated rings. The molecule has 18 heavy (non-hydrogen) atoms. The third kappa shape index (κ3) is 3.23. The topological polar surface area (TPSA) is 79.8 Å². The Balaban J connectivity index is 1.91. The first kappa shape index (κ1) is 12.9. The van der Waals surface area contributed by atoms with E-state index in [1.165, 1.54) is 11.3 Å². The lowest BCUT2D eigenvalue weighted by Gasteiger charge is -2.10. The van der Waals surface area contributed by atoms with Gasteiger partial charge in [-0.2, -0.15) is 4.37 Å². The average molecular weight is 283 g/mol. The van der Waals surface area contributed by atoms with E-state index in [1.54, 1.807) is 6.92 Å². The summed E-state index contributed by atoms with van der Waals surface area (Å²) in [7, 11) is 0. The van der Waals surface area contributed by atoms with Gasteiger partial charge in [-0.15, -0.1) is 11.3 Å². The van der Waals surface area contributed by atoms with Gasteiger partial charge in [0.25, 0.3) is 0 Å². The third-order valence-electron chi connectivity index (χ3n) is 2.10. The molecule has 8 heteroatoms. The van der Waals surface area contributed by atoms with E-state index >= 15 is 0 Å². The van der Waals surface area contributed by atoms with Gasteiger partial charge in [0.1, 0.15) is 10.8 Å². The first-order valence-corrected chi connectivity index (χ1v) is 7.00. The highest BCUT2D eigenvalue weighted by Crippen LogP contribution is 2.17. The van der Waals surface area contributed by atoms with E-state index in [1.807, 2.05) is 19.2 Å². The van der Waals surface area contributed by atoms with Crippen molar-refractivity contribution in [2.24, 2.45) is 0 Å². The van der Waals surface area contributed by atoms with Gasteiger partial charge in [-0.1, -0.05) is 0 Å². The average Bonchev–Trinajstić information content (AvgIpc) is 2.87. The molecule has 1 atom stereocenters. The van der Waals surface area contributed by atoms with Crippen LogP contribution in [0.4, 0.5) is 9.93 Å². The number of rotatable bonds is 3. The SMILES string of the molecule is Cc1csc(C(C)NC(=O)Nc2nc(C)ns2)n1.